The van der Waals surface area contributed by atoms with E-state index in [2.05, 4.69) is 13.2 Å². The predicted octanol–water partition coefficient (Wildman–Crippen LogP) is 6.50. The highest BCUT2D eigenvalue weighted by atomic mass is 35.5. The molecule has 0 radical (unpaired) electrons. The van der Waals surface area contributed by atoms with Crippen molar-refractivity contribution in [2.24, 2.45) is 0 Å². The van der Waals surface area contributed by atoms with Crippen molar-refractivity contribution in [2.45, 2.75) is 66.2 Å². The summed E-state index contributed by atoms with van der Waals surface area (Å²) in [6.45, 7) is 13.9. The Balaban J connectivity index is -0.000000386. The number of rotatable bonds is 11. The summed E-state index contributed by atoms with van der Waals surface area (Å²) in [6, 6.07) is 0. The molecular weight excluding hydrogens is 402 g/mol. The molecule has 0 aliphatic rings. The van der Waals surface area contributed by atoms with Crippen molar-refractivity contribution < 1.29 is 28.2 Å². The van der Waals surface area contributed by atoms with Crippen molar-refractivity contribution in [3.05, 3.63) is 48.1 Å². The molecule has 0 aromatic rings. The lowest BCUT2D eigenvalue weighted by Gasteiger charge is -2.02. The lowest BCUT2D eigenvalue weighted by molar-refractivity contribution is -0.139. The summed E-state index contributed by atoms with van der Waals surface area (Å²) < 4.78 is 29.9. The number of hydrogen-bond acceptors (Lipinski definition) is 4. The number of ether oxygens (including phenoxy) is 1. The third kappa shape index (κ3) is 28.5. The van der Waals surface area contributed by atoms with E-state index in [4.69, 9.17) is 21.4 Å². The zero-order valence-corrected chi connectivity index (χ0v) is 18.8. The van der Waals surface area contributed by atoms with Crippen molar-refractivity contribution in [3.63, 3.8) is 0 Å². The highest BCUT2D eigenvalue weighted by Gasteiger charge is 2.02. The molecule has 7 heteroatoms. The van der Waals surface area contributed by atoms with Gasteiger partial charge in [-0.25, -0.2) is 13.6 Å². The Morgan fingerprint density at radius 1 is 0.966 bits per heavy atom. The smallest absolute Gasteiger partial charge is 0.333 e. The van der Waals surface area contributed by atoms with Crippen molar-refractivity contribution in [1.82, 2.24) is 0 Å². The normalized spacial score (nSPS) is 10.8. The van der Waals surface area contributed by atoms with E-state index in [0.29, 0.717) is 43.3 Å². The number of esters is 1. The van der Waals surface area contributed by atoms with E-state index in [1.165, 1.54) is 12.2 Å². The zero-order chi connectivity index (χ0) is 23.2. The molecule has 4 nitrogen and oxygen atoms in total. The first-order valence-electron chi connectivity index (χ1n) is 9.51. The Kier molecular flexibility index (Phi) is 24.7. The van der Waals surface area contributed by atoms with Crippen LogP contribution in [0.5, 0.6) is 0 Å². The van der Waals surface area contributed by atoms with Crippen LogP contribution in [0.3, 0.4) is 0 Å². The molecule has 0 aliphatic carbocycles. The maximum Gasteiger partial charge on any atom is 0.333 e. The summed E-state index contributed by atoms with van der Waals surface area (Å²) in [5.41, 5.74) is 0.756. The van der Waals surface area contributed by atoms with Crippen LogP contribution >= 0.6 is 11.6 Å². The van der Waals surface area contributed by atoms with Crippen LogP contribution in [0, 0.1) is 0 Å². The molecule has 168 valence electrons. The van der Waals surface area contributed by atoms with Crippen molar-refractivity contribution >= 4 is 22.8 Å². The first-order chi connectivity index (χ1) is 13.5. The van der Waals surface area contributed by atoms with Crippen molar-refractivity contribution in [1.29, 1.82) is 0 Å². The number of carbonyl (C=O) groups excluding carboxylic acids is 2. The number of halogens is 3. The van der Waals surface area contributed by atoms with Gasteiger partial charge in [0, 0.05) is 30.6 Å². The van der Waals surface area contributed by atoms with Crippen LogP contribution in [0.1, 0.15) is 66.2 Å². The van der Waals surface area contributed by atoms with Gasteiger partial charge < -0.3 is 9.84 Å². The van der Waals surface area contributed by atoms with E-state index in [1.807, 2.05) is 13.8 Å². The van der Waals surface area contributed by atoms with E-state index in [-0.39, 0.29) is 24.9 Å². The van der Waals surface area contributed by atoms with Gasteiger partial charge in [0.1, 0.15) is 0 Å². The van der Waals surface area contributed by atoms with Gasteiger partial charge >= 0.3 is 5.97 Å². The van der Waals surface area contributed by atoms with Gasteiger partial charge in [-0.05, 0) is 51.1 Å². The number of hydrogen-bond donors (Lipinski definition) is 1. The van der Waals surface area contributed by atoms with Gasteiger partial charge in [-0.15, -0.1) is 0 Å². The average molecular weight is 437 g/mol. The monoisotopic (exact) mass is 436 g/mol. The lowest BCUT2D eigenvalue weighted by Crippen LogP contribution is -2.06. The fraction of sp³-hybridized carbons (Fsp3) is 0.545. The molecule has 0 saturated carbocycles. The molecule has 29 heavy (non-hydrogen) atoms. The SMILES string of the molecule is C=C(C)C(=O)Cl.C=C(C)C(=O)OCCC/C(F)=C/CC.CC/C=C(\F)CCCO. The summed E-state index contributed by atoms with van der Waals surface area (Å²) in [5, 5.41) is 7.83. The fourth-order valence-electron chi connectivity index (χ4n) is 1.42. The average Bonchev–Trinajstić information content (AvgIpc) is 2.64. The van der Waals surface area contributed by atoms with Crippen LogP contribution in [0.4, 0.5) is 8.78 Å². The molecule has 0 atom stereocenters. The topological polar surface area (TPSA) is 63.6 Å². The molecule has 0 amide bonds. The molecule has 0 bridgehead atoms. The van der Waals surface area contributed by atoms with Gasteiger partial charge in [0.05, 0.1) is 18.3 Å². The summed E-state index contributed by atoms with van der Waals surface area (Å²) in [4.78, 5) is 20.7. The first kappa shape index (κ1) is 31.9. The van der Waals surface area contributed by atoms with Crippen molar-refractivity contribution in [3.8, 4) is 0 Å². The summed E-state index contributed by atoms with van der Waals surface area (Å²) in [5.74, 6) is -0.657. The van der Waals surface area contributed by atoms with Crippen LogP contribution in [0.25, 0.3) is 0 Å². The molecule has 1 N–H and O–H groups in total. The van der Waals surface area contributed by atoms with Gasteiger partial charge in [0.15, 0.2) is 0 Å². The molecule has 0 spiro atoms. The van der Waals surface area contributed by atoms with Crippen LogP contribution in [-0.4, -0.2) is 29.5 Å². The summed E-state index contributed by atoms with van der Waals surface area (Å²) in [7, 11) is 0. The summed E-state index contributed by atoms with van der Waals surface area (Å²) >= 11 is 4.87. The molecule has 0 heterocycles. The number of aliphatic hydroxyl groups excluding tert-OH is 1. The Hall–Kier alpha value is -1.79. The molecule has 0 aliphatic heterocycles. The van der Waals surface area contributed by atoms with Gasteiger partial charge in [-0.2, -0.15) is 0 Å². The largest absolute Gasteiger partial charge is 0.462 e. The Morgan fingerprint density at radius 2 is 1.38 bits per heavy atom. The second-order valence-electron chi connectivity index (χ2n) is 6.02. The summed E-state index contributed by atoms with van der Waals surface area (Å²) in [6.07, 6.45) is 6.25. The number of allylic oxidation sites excluding steroid dienone is 5. The fourth-order valence-corrected chi connectivity index (χ4v) is 1.42. The van der Waals surface area contributed by atoms with Gasteiger partial charge in [-0.3, -0.25) is 4.79 Å². The molecule has 0 saturated heterocycles. The van der Waals surface area contributed by atoms with Gasteiger partial charge in [-0.1, -0.05) is 39.2 Å². The zero-order valence-electron chi connectivity index (χ0n) is 18.0. The Bertz CT molecular complexity index is 543. The predicted molar refractivity (Wildman–Crippen MR) is 116 cm³/mol. The van der Waals surface area contributed by atoms with E-state index in [9.17, 15) is 18.4 Å². The third-order valence-electron chi connectivity index (χ3n) is 2.90. The van der Waals surface area contributed by atoms with Crippen LogP contribution in [-0.2, 0) is 14.3 Å². The van der Waals surface area contributed by atoms with Crippen LogP contribution < -0.4 is 0 Å². The molecule has 0 aromatic carbocycles. The Labute approximate surface area is 179 Å². The maximum atomic E-state index is 12.8. The minimum atomic E-state index is -0.463. The highest BCUT2D eigenvalue weighted by molar-refractivity contribution is 6.67. The Morgan fingerprint density at radius 3 is 1.69 bits per heavy atom. The van der Waals surface area contributed by atoms with E-state index in [0.717, 1.165) is 6.42 Å². The number of carbonyl (C=O) groups is 2. The third-order valence-corrected chi connectivity index (χ3v) is 3.22. The quantitative estimate of drug-likeness (QED) is 0.174. The van der Waals surface area contributed by atoms with E-state index in [1.54, 1.807) is 13.8 Å². The molecule has 0 unspecified atom stereocenters. The minimum Gasteiger partial charge on any atom is -0.462 e. The maximum absolute atomic E-state index is 12.8. The molecule has 0 aromatic heterocycles. The first-order valence-corrected chi connectivity index (χ1v) is 9.88. The standard InChI is InChI=1S/C11H17FO2.C7H13FO.C4H5ClO/c1-4-6-10(12)7-5-8-14-11(13)9(2)3;1-2-4-7(8)5-3-6-9;1-3(2)4(5)6/h6H,2,4-5,7-8H2,1,3H3;4,9H,2-3,5-6H2,1H3;1H2,2H3/b10-6-;7-4-;. The minimum absolute atomic E-state index is 0.0744. The lowest BCUT2D eigenvalue weighted by atomic mass is 10.2. The molecule has 0 rings (SSSR count). The van der Waals surface area contributed by atoms with E-state index < -0.39 is 11.2 Å². The second kappa shape index (κ2) is 22.5. The van der Waals surface area contributed by atoms with Gasteiger partial charge in [0.25, 0.3) is 0 Å². The molecule has 0 fully saturated rings. The highest BCUT2D eigenvalue weighted by Crippen LogP contribution is 2.08. The van der Waals surface area contributed by atoms with Crippen molar-refractivity contribution in [2.75, 3.05) is 13.2 Å². The van der Waals surface area contributed by atoms with E-state index >= 15 is 0 Å². The molecular formula is C22H35ClF2O4. The second-order valence-corrected chi connectivity index (χ2v) is 6.36. The van der Waals surface area contributed by atoms with Crippen LogP contribution in [0.15, 0.2) is 48.1 Å². The van der Waals surface area contributed by atoms with Gasteiger partial charge in [0.2, 0.25) is 5.24 Å². The van der Waals surface area contributed by atoms with Crippen LogP contribution in [0.2, 0.25) is 0 Å². The number of aliphatic hydroxyl groups is 1.